The molecule has 0 spiro atoms. The Bertz CT molecular complexity index is 682. The second kappa shape index (κ2) is 5.66. The molecule has 0 atom stereocenters. The number of rotatable bonds is 5. The fraction of sp³-hybridized carbons (Fsp3) is 0.357. The summed E-state index contributed by atoms with van der Waals surface area (Å²) in [6, 6.07) is 6.02. The van der Waals surface area contributed by atoms with Crippen LogP contribution in [0.5, 0.6) is 0 Å². The lowest BCUT2D eigenvalue weighted by Crippen LogP contribution is -2.01. The first kappa shape index (κ1) is 13.2. The summed E-state index contributed by atoms with van der Waals surface area (Å²) in [4.78, 5) is 4.59. The monoisotopic (exact) mass is 287 g/mol. The number of hydrogen-bond donors (Lipinski definition) is 0. The molecule has 0 amide bonds. The Morgan fingerprint density at radius 1 is 1.25 bits per heavy atom. The van der Waals surface area contributed by atoms with Crippen LogP contribution in [0.4, 0.5) is 0 Å². The molecule has 0 saturated carbocycles. The van der Waals surface area contributed by atoms with Gasteiger partial charge in [-0.1, -0.05) is 24.8 Å². The fourth-order valence-corrected chi connectivity index (χ4v) is 3.04. The highest BCUT2D eigenvalue weighted by atomic mass is 32.2. The molecule has 0 saturated heterocycles. The predicted octanol–water partition coefficient (Wildman–Crippen LogP) is 2.94. The molecule has 0 unspecified atom stereocenters. The summed E-state index contributed by atoms with van der Waals surface area (Å²) < 4.78 is 4.21. The largest absolute Gasteiger partial charge is 0.307 e. The SMILES string of the molecule is CCCn1c(C)nnc1SCc1cn2ccccc2n1. The molecule has 0 radical (unpaired) electrons. The summed E-state index contributed by atoms with van der Waals surface area (Å²) >= 11 is 1.69. The summed E-state index contributed by atoms with van der Waals surface area (Å²) in [5.41, 5.74) is 2.04. The number of pyridine rings is 1. The van der Waals surface area contributed by atoms with E-state index in [1.165, 1.54) is 0 Å². The number of imidazole rings is 1. The third kappa shape index (κ3) is 2.56. The summed E-state index contributed by atoms with van der Waals surface area (Å²) in [5, 5.41) is 9.37. The van der Waals surface area contributed by atoms with Gasteiger partial charge in [0.15, 0.2) is 5.16 Å². The van der Waals surface area contributed by atoms with Crippen molar-refractivity contribution in [2.75, 3.05) is 0 Å². The van der Waals surface area contributed by atoms with E-state index in [4.69, 9.17) is 0 Å². The van der Waals surface area contributed by atoms with E-state index in [0.29, 0.717) is 0 Å². The van der Waals surface area contributed by atoms with Crippen molar-refractivity contribution in [3.05, 3.63) is 42.1 Å². The minimum atomic E-state index is 0.809. The zero-order chi connectivity index (χ0) is 13.9. The van der Waals surface area contributed by atoms with Crippen molar-refractivity contribution in [1.29, 1.82) is 0 Å². The highest BCUT2D eigenvalue weighted by Crippen LogP contribution is 2.22. The third-order valence-corrected chi connectivity index (χ3v) is 4.11. The first-order valence-electron chi connectivity index (χ1n) is 6.73. The maximum Gasteiger partial charge on any atom is 0.191 e. The van der Waals surface area contributed by atoms with Crippen LogP contribution < -0.4 is 0 Å². The number of aromatic nitrogens is 5. The summed E-state index contributed by atoms with van der Waals surface area (Å²) in [6.45, 7) is 5.12. The predicted molar refractivity (Wildman–Crippen MR) is 79.8 cm³/mol. The molecular weight excluding hydrogens is 270 g/mol. The second-order valence-electron chi connectivity index (χ2n) is 4.67. The Hall–Kier alpha value is -1.82. The van der Waals surface area contributed by atoms with Crippen molar-refractivity contribution in [3.8, 4) is 0 Å². The number of aryl methyl sites for hydroxylation is 1. The smallest absolute Gasteiger partial charge is 0.191 e. The molecule has 104 valence electrons. The van der Waals surface area contributed by atoms with E-state index in [9.17, 15) is 0 Å². The lowest BCUT2D eigenvalue weighted by atomic mass is 10.5. The maximum absolute atomic E-state index is 4.59. The topological polar surface area (TPSA) is 48.0 Å². The van der Waals surface area contributed by atoms with Crippen LogP contribution in [-0.2, 0) is 12.3 Å². The molecular formula is C14H17N5S. The second-order valence-corrected chi connectivity index (χ2v) is 5.61. The van der Waals surface area contributed by atoms with E-state index in [1.807, 2.05) is 35.7 Å². The van der Waals surface area contributed by atoms with Gasteiger partial charge in [0.2, 0.25) is 0 Å². The Morgan fingerprint density at radius 3 is 2.95 bits per heavy atom. The number of thioether (sulfide) groups is 1. The molecule has 5 nitrogen and oxygen atoms in total. The van der Waals surface area contributed by atoms with Gasteiger partial charge < -0.3 is 8.97 Å². The van der Waals surface area contributed by atoms with E-state index < -0.39 is 0 Å². The fourth-order valence-electron chi connectivity index (χ4n) is 2.14. The molecule has 0 aliphatic heterocycles. The van der Waals surface area contributed by atoms with E-state index >= 15 is 0 Å². The van der Waals surface area contributed by atoms with Crippen molar-refractivity contribution in [2.24, 2.45) is 0 Å². The summed E-state index contributed by atoms with van der Waals surface area (Å²) in [7, 11) is 0. The highest BCUT2D eigenvalue weighted by Gasteiger charge is 2.10. The van der Waals surface area contributed by atoms with Gasteiger partial charge in [0.1, 0.15) is 11.5 Å². The van der Waals surface area contributed by atoms with Crippen LogP contribution in [0.25, 0.3) is 5.65 Å². The Balaban J connectivity index is 1.76. The first-order valence-corrected chi connectivity index (χ1v) is 7.71. The molecule has 20 heavy (non-hydrogen) atoms. The Morgan fingerprint density at radius 2 is 2.15 bits per heavy atom. The van der Waals surface area contributed by atoms with Crippen LogP contribution in [0, 0.1) is 6.92 Å². The number of fused-ring (bicyclic) bond motifs is 1. The zero-order valence-electron chi connectivity index (χ0n) is 11.7. The van der Waals surface area contributed by atoms with Gasteiger partial charge in [0.25, 0.3) is 0 Å². The average Bonchev–Trinajstić information content (AvgIpc) is 3.02. The van der Waals surface area contributed by atoms with Gasteiger partial charge in [-0.3, -0.25) is 0 Å². The average molecular weight is 287 g/mol. The highest BCUT2D eigenvalue weighted by molar-refractivity contribution is 7.98. The molecule has 0 aliphatic carbocycles. The van der Waals surface area contributed by atoms with Gasteiger partial charge in [-0.25, -0.2) is 4.98 Å². The van der Waals surface area contributed by atoms with Gasteiger partial charge in [-0.15, -0.1) is 10.2 Å². The van der Waals surface area contributed by atoms with Crippen molar-refractivity contribution < 1.29 is 0 Å². The number of nitrogens with zero attached hydrogens (tertiary/aromatic N) is 5. The van der Waals surface area contributed by atoms with E-state index in [-0.39, 0.29) is 0 Å². The molecule has 3 rings (SSSR count). The Labute approximate surface area is 122 Å². The summed E-state index contributed by atoms with van der Waals surface area (Å²) in [6.07, 6.45) is 5.16. The molecule has 3 aromatic heterocycles. The molecule has 0 aliphatic rings. The van der Waals surface area contributed by atoms with Crippen molar-refractivity contribution >= 4 is 17.4 Å². The van der Waals surface area contributed by atoms with Crippen molar-refractivity contribution in [3.63, 3.8) is 0 Å². The van der Waals surface area contributed by atoms with Gasteiger partial charge >= 0.3 is 0 Å². The van der Waals surface area contributed by atoms with Gasteiger partial charge in [-0.2, -0.15) is 0 Å². The van der Waals surface area contributed by atoms with Crippen LogP contribution in [0.2, 0.25) is 0 Å². The quantitative estimate of drug-likeness (QED) is 0.677. The van der Waals surface area contributed by atoms with E-state index in [0.717, 1.165) is 41.0 Å². The maximum atomic E-state index is 4.59. The van der Waals surface area contributed by atoms with Crippen LogP contribution in [0.15, 0.2) is 35.7 Å². The molecule has 0 bridgehead atoms. The molecule has 0 N–H and O–H groups in total. The molecule has 0 fully saturated rings. The molecule has 6 heteroatoms. The van der Waals surface area contributed by atoms with Crippen LogP contribution in [-0.4, -0.2) is 24.1 Å². The van der Waals surface area contributed by atoms with Crippen molar-refractivity contribution in [1.82, 2.24) is 24.1 Å². The molecule has 3 aromatic rings. The Kier molecular flexibility index (Phi) is 3.73. The zero-order valence-corrected chi connectivity index (χ0v) is 12.5. The number of hydrogen-bond acceptors (Lipinski definition) is 4. The van der Waals surface area contributed by atoms with Crippen LogP contribution >= 0.6 is 11.8 Å². The minimum absolute atomic E-state index is 0.809. The van der Waals surface area contributed by atoms with Crippen LogP contribution in [0.1, 0.15) is 24.9 Å². The van der Waals surface area contributed by atoms with Crippen LogP contribution in [0.3, 0.4) is 0 Å². The van der Waals surface area contributed by atoms with Gasteiger partial charge in [-0.05, 0) is 25.5 Å². The van der Waals surface area contributed by atoms with Gasteiger partial charge in [0.05, 0.1) is 5.69 Å². The molecule has 0 aromatic carbocycles. The summed E-state index contributed by atoms with van der Waals surface area (Å²) in [5.74, 6) is 1.79. The minimum Gasteiger partial charge on any atom is -0.307 e. The van der Waals surface area contributed by atoms with Crippen molar-refractivity contribution in [2.45, 2.75) is 37.7 Å². The third-order valence-electron chi connectivity index (χ3n) is 3.11. The van der Waals surface area contributed by atoms with E-state index in [1.54, 1.807) is 11.8 Å². The first-order chi connectivity index (χ1) is 9.78. The lowest BCUT2D eigenvalue weighted by molar-refractivity contribution is 0.605. The standard InChI is InChI=1S/C14H17N5S/c1-3-7-19-11(2)16-17-14(19)20-10-12-9-18-8-5-4-6-13(18)15-12/h4-6,8-9H,3,7,10H2,1-2H3. The van der Waals surface area contributed by atoms with Gasteiger partial charge in [0, 0.05) is 24.7 Å². The van der Waals surface area contributed by atoms with E-state index in [2.05, 4.69) is 32.9 Å². The molecule has 3 heterocycles. The normalized spacial score (nSPS) is 11.3. The lowest BCUT2D eigenvalue weighted by Gasteiger charge is -2.05.